The number of amides is 1. The Bertz CT molecular complexity index is 1860. The molecule has 2 heterocycles. The first-order chi connectivity index (χ1) is 21.4. The number of carbonyl (C=O) groups excluding carboxylic acids is 1. The number of carbonyl (C=O) groups is 1. The Balaban J connectivity index is 1.46. The summed E-state index contributed by atoms with van der Waals surface area (Å²) in [6.45, 7) is 3.86. The number of nitrogens with two attached hydrogens (primary N) is 1. The number of hydrogen-bond acceptors (Lipinski definition) is 7. The van der Waals surface area contributed by atoms with Crippen LogP contribution in [0.5, 0.6) is 5.75 Å². The van der Waals surface area contributed by atoms with Crippen LogP contribution in [0.25, 0.3) is 17.1 Å². The quantitative estimate of drug-likeness (QED) is 0.219. The van der Waals surface area contributed by atoms with Crippen molar-refractivity contribution in [1.29, 1.82) is 5.26 Å². The standard InChI is InChI=1S/C35H32N6O3/c1-3-4-14-31-30(19-24-15-17-25(18-16-24)29-13-9-8-12-27(29)20-36)34(43)41(23(2)40-31)35-38-21-28(22-39-35)44-32(33(37)42)26-10-6-5-7-11-26/h5-13,15-18,21-22,32H,3-4,14,19H2,1-2H3,(H2,37,42). The van der Waals surface area contributed by atoms with Gasteiger partial charge in [-0.05, 0) is 42.5 Å². The minimum atomic E-state index is -1.01. The van der Waals surface area contributed by atoms with E-state index in [1.165, 1.54) is 17.0 Å². The van der Waals surface area contributed by atoms with Crippen LogP contribution in [0.15, 0.2) is 96.1 Å². The number of nitriles is 1. The van der Waals surface area contributed by atoms with Gasteiger partial charge in [0.1, 0.15) is 5.82 Å². The molecule has 0 fully saturated rings. The number of aryl methyl sites for hydroxylation is 2. The molecule has 44 heavy (non-hydrogen) atoms. The number of primary amides is 1. The molecule has 9 heteroatoms. The van der Waals surface area contributed by atoms with E-state index < -0.39 is 12.0 Å². The van der Waals surface area contributed by atoms with Crippen molar-refractivity contribution in [3.63, 3.8) is 0 Å². The maximum Gasteiger partial charge on any atom is 0.264 e. The van der Waals surface area contributed by atoms with E-state index in [1.807, 2.05) is 48.5 Å². The van der Waals surface area contributed by atoms with E-state index in [4.69, 9.17) is 15.5 Å². The normalized spacial score (nSPS) is 11.5. The van der Waals surface area contributed by atoms with Gasteiger partial charge in [0.25, 0.3) is 11.5 Å². The van der Waals surface area contributed by atoms with E-state index in [2.05, 4.69) is 23.0 Å². The predicted octanol–water partition coefficient (Wildman–Crippen LogP) is 5.41. The fraction of sp³-hybridized carbons (Fsp3) is 0.200. The zero-order chi connectivity index (χ0) is 31.1. The predicted molar refractivity (Wildman–Crippen MR) is 167 cm³/mol. The number of hydrogen-bond donors (Lipinski definition) is 1. The number of rotatable bonds is 11. The lowest BCUT2D eigenvalue weighted by atomic mass is 9.97. The summed E-state index contributed by atoms with van der Waals surface area (Å²) in [4.78, 5) is 39.7. The van der Waals surface area contributed by atoms with Crippen molar-refractivity contribution < 1.29 is 9.53 Å². The maximum absolute atomic E-state index is 14.0. The Morgan fingerprint density at radius 2 is 1.68 bits per heavy atom. The van der Waals surface area contributed by atoms with E-state index in [1.54, 1.807) is 37.3 Å². The Labute approximate surface area is 255 Å². The topological polar surface area (TPSA) is 137 Å². The maximum atomic E-state index is 14.0. The minimum absolute atomic E-state index is 0.148. The summed E-state index contributed by atoms with van der Waals surface area (Å²) in [5.74, 6) is 0.208. The van der Waals surface area contributed by atoms with E-state index in [9.17, 15) is 14.9 Å². The summed E-state index contributed by atoms with van der Waals surface area (Å²) >= 11 is 0. The van der Waals surface area contributed by atoms with Gasteiger partial charge in [0.15, 0.2) is 5.75 Å². The minimum Gasteiger partial charge on any atom is -0.473 e. The second kappa shape index (κ2) is 13.6. The molecule has 5 rings (SSSR count). The van der Waals surface area contributed by atoms with Crippen LogP contribution in [0.1, 0.15) is 59.6 Å². The lowest BCUT2D eigenvalue weighted by Gasteiger charge is -2.17. The molecule has 0 saturated carbocycles. The van der Waals surface area contributed by atoms with Crippen molar-refractivity contribution in [2.45, 2.75) is 45.6 Å². The molecule has 5 aromatic rings. The molecule has 0 aliphatic rings. The highest BCUT2D eigenvalue weighted by Crippen LogP contribution is 2.25. The fourth-order valence-electron chi connectivity index (χ4n) is 5.06. The number of unbranched alkanes of at least 4 members (excludes halogenated alkanes) is 1. The second-order valence-electron chi connectivity index (χ2n) is 10.4. The highest BCUT2D eigenvalue weighted by molar-refractivity contribution is 5.80. The van der Waals surface area contributed by atoms with Crippen LogP contribution in [-0.4, -0.2) is 25.4 Å². The Morgan fingerprint density at radius 1 is 1.00 bits per heavy atom. The molecule has 0 saturated heterocycles. The van der Waals surface area contributed by atoms with Crippen LogP contribution in [0.4, 0.5) is 0 Å². The second-order valence-corrected chi connectivity index (χ2v) is 10.4. The van der Waals surface area contributed by atoms with Crippen molar-refractivity contribution in [1.82, 2.24) is 19.5 Å². The monoisotopic (exact) mass is 584 g/mol. The van der Waals surface area contributed by atoms with Crippen LogP contribution in [0.3, 0.4) is 0 Å². The molecule has 1 amide bonds. The van der Waals surface area contributed by atoms with Crippen LogP contribution >= 0.6 is 0 Å². The third-order valence-electron chi connectivity index (χ3n) is 7.32. The van der Waals surface area contributed by atoms with E-state index in [-0.39, 0.29) is 17.3 Å². The SMILES string of the molecule is CCCCc1nc(C)n(-c2ncc(OC(C(N)=O)c3ccccc3)cn2)c(=O)c1Cc1ccc(-c2ccccc2C#N)cc1. The van der Waals surface area contributed by atoms with E-state index >= 15 is 0 Å². The average Bonchev–Trinajstić information content (AvgIpc) is 3.05. The molecule has 1 unspecified atom stereocenters. The van der Waals surface area contributed by atoms with Gasteiger partial charge < -0.3 is 10.5 Å². The van der Waals surface area contributed by atoms with Crippen LogP contribution in [0, 0.1) is 18.3 Å². The summed E-state index contributed by atoms with van der Waals surface area (Å²) in [6, 6.07) is 26.5. The van der Waals surface area contributed by atoms with Gasteiger partial charge in [-0.2, -0.15) is 5.26 Å². The van der Waals surface area contributed by atoms with Crippen LogP contribution in [-0.2, 0) is 17.6 Å². The number of nitrogens with zero attached hydrogens (tertiary/aromatic N) is 5. The average molecular weight is 585 g/mol. The van der Waals surface area contributed by atoms with Gasteiger partial charge in [-0.25, -0.2) is 19.5 Å². The van der Waals surface area contributed by atoms with Crippen molar-refractivity contribution in [2.75, 3.05) is 0 Å². The largest absolute Gasteiger partial charge is 0.473 e. The van der Waals surface area contributed by atoms with Gasteiger partial charge in [0, 0.05) is 17.5 Å². The number of aromatic nitrogens is 4. The number of benzene rings is 3. The molecule has 1 atom stereocenters. The highest BCUT2D eigenvalue weighted by Gasteiger charge is 2.21. The zero-order valence-corrected chi connectivity index (χ0v) is 24.6. The molecule has 2 aromatic heterocycles. The first-order valence-electron chi connectivity index (χ1n) is 14.4. The summed E-state index contributed by atoms with van der Waals surface area (Å²) in [6.07, 6.45) is 4.74. The van der Waals surface area contributed by atoms with Gasteiger partial charge in [-0.15, -0.1) is 0 Å². The zero-order valence-electron chi connectivity index (χ0n) is 24.6. The molecule has 0 radical (unpaired) electrons. The molecule has 9 nitrogen and oxygen atoms in total. The molecule has 0 bridgehead atoms. The summed E-state index contributed by atoms with van der Waals surface area (Å²) in [5, 5.41) is 9.50. The van der Waals surface area contributed by atoms with Crippen molar-refractivity contribution in [2.24, 2.45) is 5.73 Å². The summed E-state index contributed by atoms with van der Waals surface area (Å²) in [7, 11) is 0. The third-order valence-corrected chi connectivity index (χ3v) is 7.32. The highest BCUT2D eigenvalue weighted by atomic mass is 16.5. The van der Waals surface area contributed by atoms with E-state index in [0.717, 1.165) is 35.2 Å². The first-order valence-corrected chi connectivity index (χ1v) is 14.4. The molecular weight excluding hydrogens is 552 g/mol. The van der Waals surface area contributed by atoms with Crippen molar-refractivity contribution in [3.8, 4) is 28.9 Å². The summed E-state index contributed by atoms with van der Waals surface area (Å²) in [5.41, 5.74) is 10.6. The smallest absolute Gasteiger partial charge is 0.264 e. The lowest BCUT2D eigenvalue weighted by Crippen LogP contribution is -2.29. The van der Waals surface area contributed by atoms with Crippen LogP contribution < -0.4 is 16.0 Å². The van der Waals surface area contributed by atoms with Crippen LogP contribution in [0.2, 0.25) is 0 Å². The molecular formula is C35H32N6O3. The van der Waals surface area contributed by atoms with Gasteiger partial charge in [-0.3, -0.25) is 9.59 Å². The molecule has 3 aromatic carbocycles. The first kappa shape index (κ1) is 29.9. The lowest BCUT2D eigenvalue weighted by molar-refractivity contribution is -0.125. The van der Waals surface area contributed by atoms with E-state index in [0.29, 0.717) is 35.4 Å². The number of ether oxygens (including phenoxy) is 1. The van der Waals surface area contributed by atoms with Gasteiger partial charge in [0.2, 0.25) is 12.1 Å². The molecule has 2 N–H and O–H groups in total. The molecule has 0 aliphatic carbocycles. The Kier molecular flexibility index (Phi) is 9.21. The Morgan fingerprint density at radius 3 is 2.34 bits per heavy atom. The Hall–Kier alpha value is -5.62. The summed E-state index contributed by atoms with van der Waals surface area (Å²) < 4.78 is 7.21. The molecule has 220 valence electrons. The molecule has 0 aliphatic heterocycles. The van der Waals surface area contributed by atoms with Crippen molar-refractivity contribution in [3.05, 3.63) is 135 Å². The fourth-order valence-corrected chi connectivity index (χ4v) is 5.06. The molecule has 0 spiro atoms. The van der Waals surface area contributed by atoms with Gasteiger partial charge in [-0.1, -0.05) is 86.1 Å². The van der Waals surface area contributed by atoms with Crippen molar-refractivity contribution >= 4 is 5.91 Å². The third kappa shape index (κ3) is 6.55. The van der Waals surface area contributed by atoms with Gasteiger partial charge in [0.05, 0.1) is 29.7 Å². The van der Waals surface area contributed by atoms with Gasteiger partial charge >= 0.3 is 0 Å².